The van der Waals surface area contributed by atoms with Gasteiger partial charge in [0.25, 0.3) is 5.56 Å². The van der Waals surface area contributed by atoms with Gasteiger partial charge in [-0.2, -0.15) is 0 Å². The van der Waals surface area contributed by atoms with E-state index < -0.39 is 11.2 Å². The molecule has 1 amide bonds. The molecule has 0 fully saturated rings. The van der Waals surface area contributed by atoms with E-state index in [1.807, 2.05) is 4.98 Å². The van der Waals surface area contributed by atoms with Gasteiger partial charge in [0.1, 0.15) is 12.2 Å². The molecule has 0 spiro atoms. The number of anilines is 1. The molecule has 76 valence electrons. The number of H-pyrrole nitrogens is 1. The van der Waals surface area contributed by atoms with Crippen molar-refractivity contribution in [1.29, 1.82) is 0 Å². The minimum Gasteiger partial charge on any atom is -0.393 e. The number of amides is 1. The van der Waals surface area contributed by atoms with E-state index in [1.165, 1.54) is 7.05 Å². The molecule has 0 aromatic carbocycles. The van der Waals surface area contributed by atoms with Gasteiger partial charge in [0, 0.05) is 13.2 Å². The second-order valence-corrected chi connectivity index (χ2v) is 2.64. The third-order valence-electron chi connectivity index (χ3n) is 1.63. The Bertz CT molecular complexity index is 459. The number of aromatic nitrogens is 2. The van der Waals surface area contributed by atoms with Crippen LogP contribution in [0.2, 0.25) is 0 Å². The number of hydrogen-bond acceptors (Lipinski definition) is 4. The van der Waals surface area contributed by atoms with Gasteiger partial charge in [-0.1, -0.05) is 0 Å². The first-order valence-electron chi connectivity index (χ1n) is 3.84. The van der Waals surface area contributed by atoms with Gasteiger partial charge < -0.3 is 11.1 Å². The van der Waals surface area contributed by atoms with E-state index in [-0.39, 0.29) is 18.1 Å². The Morgan fingerprint density at radius 1 is 1.64 bits per heavy atom. The summed E-state index contributed by atoms with van der Waals surface area (Å²) in [5.41, 5.74) is 3.86. The summed E-state index contributed by atoms with van der Waals surface area (Å²) in [5.74, 6) is -0.349. The lowest BCUT2D eigenvalue weighted by Gasteiger charge is -2.03. The molecule has 0 saturated heterocycles. The number of nitrogens with two attached hydrogens (primary N) is 1. The molecule has 1 heterocycles. The molecule has 0 atom stereocenters. The van der Waals surface area contributed by atoms with Crippen molar-refractivity contribution in [3.63, 3.8) is 0 Å². The van der Waals surface area contributed by atoms with Crippen molar-refractivity contribution in [3.8, 4) is 0 Å². The highest BCUT2D eigenvalue weighted by Crippen LogP contribution is 1.86. The summed E-state index contributed by atoms with van der Waals surface area (Å²) in [7, 11) is 1.45. The van der Waals surface area contributed by atoms with Crippen molar-refractivity contribution in [2.75, 3.05) is 12.8 Å². The predicted octanol–water partition coefficient (Wildman–Crippen LogP) is -2.14. The van der Waals surface area contributed by atoms with Crippen LogP contribution in [0.1, 0.15) is 0 Å². The maximum absolute atomic E-state index is 11.1. The Kier molecular flexibility index (Phi) is 2.70. The van der Waals surface area contributed by atoms with Crippen LogP contribution >= 0.6 is 0 Å². The molecule has 7 heteroatoms. The van der Waals surface area contributed by atoms with Gasteiger partial charge in [-0.05, 0) is 0 Å². The number of carbonyl (C=O) groups excluding carboxylic acids is 1. The molecule has 0 saturated carbocycles. The highest BCUT2D eigenvalue weighted by atomic mass is 16.2. The Morgan fingerprint density at radius 3 is 2.86 bits per heavy atom. The molecule has 14 heavy (non-hydrogen) atoms. The molecular formula is C7H10N4O3. The first-order valence-corrected chi connectivity index (χ1v) is 3.84. The van der Waals surface area contributed by atoms with Gasteiger partial charge in [0.2, 0.25) is 5.91 Å². The van der Waals surface area contributed by atoms with Crippen LogP contribution in [0.5, 0.6) is 0 Å². The van der Waals surface area contributed by atoms with Gasteiger partial charge in [-0.15, -0.1) is 0 Å². The Morgan fingerprint density at radius 2 is 2.29 bits per heavy atom. The normalized spacial score (nSPS) is 9.79. The summed E-state index contributed by atoms with van der Waals surface area (Å²) in [6, 6.07) is 0. The van der Waals surface area contributed by atoms with Gasteiger partial charge in [0.05, 0.1) is 0 Å². The summed E-state index contributed by atoms with van der Waals surface area (Å²) in [6.45, 7) is -0.170. The maximum Gasteiger partial charge on any atom is 0.328 e. The van der Waals surface area contributed by atoms with Gasteiger partial charge in [-0.3, -0.25) is 19.1 Å². The number of likely N-dealkylation sites (N-methyl/N-ethyl adjacent to an activating group) is 1. The van der Waals surface area contributed by atoms with Crippen molar-refractivity contribution in [2.45, 2.75) is 6.54 Å². The predicted molar refractivity (Wildman–Crippen MR) is 49.8 cm³/mol. The highest BCUT2D eigenvalue weighted by Gasteiger charge is 2.04. The average Bonchev–Trinajstić information content (AvgIpc) is 2.14. The number of nitrogens with zero attached hydrogens (tertiary/aromatic N) is 1. The lowest BCUT2D eigenvalue weighted by atomic mass is 10.5. The zero-order chi connectivity index (χ0) is 10.7. The molecule has 0 bridgehead atoms. The topological polar surface area (TPSA) is 110 Å². The van der Waals surface area contributed by atoms with E-state index in [2.05, 4.69) is 5.32 Å². The zero-order valence-corrected chi connectivity index (χ0v) is 7.53. The van der Waals surface area contributed by atoms with E-state index >= 15 is 0 Å². The highest BCUT2D eigenvalue weighted by molar-refractivity contribution is 5.75. The second-order valence-electron chi connectivity index (χ2n) is 2.64. The molecule has 7 nitrogen and oxygen atoms in total. The van der Waals surface area contributed by atoms with Crippen molar-refractivity contribution in [2.24, 2.45) is 0 Å². The molecular weight excluding hydrogens is 188 g/mol. The van der Waals surface area contributed by atoms with E-state index in [1.54, 1.807) is 0 Å². The Labute approximate surface area is 78.5 Å². The third-order valence-corrected chi connectivity index (χ3v) is 1.63. The summed E-state index contributed by atoms with van der Waals surface area (Å²) in [6.07, 6.45) is 1.14. The summed E-state index contributed by atoms with van der Waals surface area (Å²) < 4.78 is 1.02. The second kappa shape index (κ2) is 3.77. The minimum absolute atomic E-state index is 0.103. The zero-order valence-electron chi connectivity index (χ0n) is 7.53. The maximum atomic E-state index is 11.1. The number of nitrogen functional groups attached to an aromatic ring is 1. The largest absolute Gasteiger partial charge is 0.393 e. The molecule has 1 aromatic heterocycles. The SMILES string of the molecule is CNC(=O)Cn1cc(N)c(=O)[nH]c1=O. The van der Waals surface area contributed by atoms with Crippen LogP contribution in [0.4, 0.5) is 5.69 Å². The quantitative estimate of drug-likeness (QED) is 0.503. The standard InChI is InChI=1S/C7H10N4O3/c1-9-5(12)3-11-2-4(8)6(13)10-7(11)14/h2H,3,8H2,1H3,(H,9,12)(H,10,13,14). The molecule has 1 rings (SSSR count). The first-order chi connectivity index (χ1) is 6.54. The molecule has 0 unspecified atom stereocenters. The lowest BCUT2D eigenvalue weighted by Crippen LogP contribution is -2.35. The van der Waals surface area contributed by atoms with Crippen LogP contribution in [-0.4, -0.2) is 22.5 Å². The lowest BCUT2D eigenvalue weighted by molar-refractivity contribution is -0.121. The van der Waals surface area contributed by atoms with Gasteiger partial charge in [-0.25, -0.2) is 4.79 Å². The summed E-state index contributed by atoms with van der Waals surface area (Å²) >= 11 is 0. The van der Waals surface area contributed by atoms with Crippen LogP contribution in [-0.2, 0) is 11.3 Å². The van der Waals surface area contributed by atoms with E-state index in [9.17, 15) is 14.4 Å². The monoisotopic (exact) mass is 198 g/mol. The van der Waals surface area contributed by atoms with E-state index in [0.29, 0.717) is 0 Å². The molecule has 1 aromatic rings. The fraction of sp³-hybridized carbons (Fsp3) is 0.286. The van der Waals surface area contributed by atoms with E-state index in [0.717, 1.165) is 10.8 Å². The van der Waals surface area contributed by atoms with Crippen molar-refractivity contribution < 1.29 is 4.79 Å². The fourth-order valence-corrected chi connectivity index (χ4v) is 0.877. The van der Waals surface area contributed by atoms with Crippen molar-refractivity contribution in [1.82, 2.24) is 14.9 Å². The number of carbonyl (C=O) groups is 1. The number of rotatable bonds is 2. The van der Waals surface area contributed by atoms with Crippen LogP contribution in [0, 0.1) is 0 Å². The molecule has 4 N–H and O–H groups in total. The Hall–Kier alpha value is -2.05. The minimum atomic E-state index is -0.659. The van der Waals surface area contributed by atoms with Crippen LogP contribution in [0.3, 0.4) is 0 Å². The van der Waals surface area contributed by atoms with Gasteiger partial charge in [0.15, 0.2) is 0 Å². The third kappa shape index (κ3) is 2.00. The van der Waals surface area contributed by atoms with E-state index in [4.69, 9.17) is 5.73 Å². The number of aromatic amines is 1. The van der Waals surface area contributed by atoms with Crippen LogP contribution in [0.25, 0.3) is 0 Å². The number of hydrogen-bond donors (Lipinski definition) is 3. The fourth-order valence-electron chi connectivity index (χ4n) is 0.877. The van der Waals surface area contributed by atoms with Crippen molar-refractivity contribution in [3.05, 3.63) is 27.0 Å². The number of nitrogens with one attached hydrogen (secondary N) is 2. The van der Waals surface area contributed by atoms with Crippen molar-refractivity contribution >= 4 is 11.6 Å². The molecule has 0 aliphatic carbocycles. The van der Waals surface area contributed by atoms with Gasteiger partial charge >= 0.3 is 5.69 Å². The average molecular weight is 198 g/mol. The molecule has 0 aliphatic heterocycles. The summed E-state index contributed by atoms with van der Waals surface area (Å²) in [4.78, 5) is 34.9. The van der Waals surface area contributed by atoms with Crippen LogP contribution in [0.15, 0.2) is 15.8 Å². The summed E-state index contributed by atoms with van der Waals surface area (Å²) in [5, 5.41) is 2.34. The molecule has 0 radical (unpaired) electrons. The Balaban J connectivity index is 3.11. The smallest absolute Gasteiger partial charge is 0.328 e. The first kappa shape index (κ1) is 10.0. The van der Waals surface area contributed by atoms with Crippen LogP contribution < -0.4 is 22.3 Å². The molecule has 0 aliphatic rings.